The molecule has 0 amide bonds. The molecule has 1 rings (SSSR count). The number of benzene rings is 1. The van der Waals surface area contributed by atoms with E-state index < -0.39 is 17.5 Å². The Balaban J connectivity index is 0.000000292. The maximum atomic E-state index is 12.0. The van der Waals surface area contributed by atoms with Gasteiger partial charge in [0.05, 0.1) is 6.61 Å². The molecule has 0 aliphatic rings. The first-order chi connectivity index (χ1) is 6.49. The van der Waals surface area contributed by atoms with Crippen molar-refractivity contribution in [2.24, 2.45) is 5.73 Å². The monoisotopic (exact) mass is 207 g/mol. The van der Waals surface area contributed by atoms with Crippen molar-refractivity contribution in [3.8, 4) is 0 Å². The normalized spacial score (nSPS) is 11.6. The number of aliphatic hydroxyl groups is 1. The zero-order valence-electron chi connectivity index (χ0n) is 7.67. The quantitative estimate of drug-likeness (QED) is 0.684. The van der Waals surface area contributed by atoms with Gasteiger partial charge in [-0.05, 0) is 19.1 Å². The minimum Gasteiger partial charge on any atom is -0.395 e. The summed E-state index contributed by atoms with van der Waals surface area (Å²) < 4.78 is 35.9. The van der Waals surface area contributed by atoms with Gasteiger partial charge in [0.2, 0.25) is 0 Å². The van der Waals surface area contributed by atoms with E-state index >= 15 is 0 Å². The van der Waals surface area contributed by atoms with E-state index in [9.17, 15) is 13.2 Å². The summed E-state index contributed by atoms with van der Waals surface area (Å²) in [6.07, 6.45) is 0. The van der Waals surface area contributed by atoms with Crippen LogP contribution in [0.2, 0.25) is 0 Å². The van der Waals surface area contributed by atoms with E-state index in [-0.39, 0.29) is 12.6 Å². The Kier molecular flexibility index (Phi) is 5.91. The van der Waals surface area contributed by atoms with Crippen molar-refractivity contribution >= 4 is 0 Å². The molecular weight excluding hydrogens is 195 g/mol. The molecule has 14 heavy (non-hydrogen) atoms. The first-order valence-corrected chi connectivity index (χ1v) is 3.95. The van der Waals surface area contributed by atoms with Crippen molar-refractivity contribution in [1.29, 1.82) is 0 Å². The van der Waals surface area contributed by atoms with E-state index in [2.05, 4.69) is 0 Å². The van der Waals surface area contributed by atoms with Crippen molar-refractivity contribution in [2.75, 3.05) is 6.61 Å². The summed E-state index contributed by atoms with van der Waals surface area (Å²) in [4.78, 5) is 0. The van der Waals surface area contributed by atoms with Crippen molar-refractivity contribution in [3.63, 3.8) is 0 Å². The van der Waals surface area contributed by atoms with Crippen LogP contribution in [0, 0.1) is 17.5 Å². The molecule has 0 fully saturated rings. The van der Waals surface area contributed by atoms with Crippen molar-refractivity contribution < 1.29 is 18.3 Å². The van der Waals surface area contributed by atoms with Gasteiger partial charge < -0.3 is 10.8 Å². The van der Waals surface area contributed by atoms with Gasteiger partial charge in [-0.2, -0.15) is 0 Å². The fourth-order valence-corrected chi connectivity index (χ4v) is 0.477. The molecule has 1 unspecified atom stereocenters. The zero-order chi connectivity index (χ0) is 11.1. The highest BCUT2D eigenvalue weighted by Gasteiger charge is 2.04. The third-order valence-electron chi connectivity index (χ3n) is 1.19. The van der Waals surface area contributed by atoms with E-state index in [1.54, 1.807) is 6.92 Å². The third kappa shape index (κ3) is 4.84. The molecule has 0 aliphatic carbocycles. The second kappa shape index (κ2) is 6.39. The van der Waals surface area contributed by atoms with Crippen LogP contribution >= 0.6 is 0 Å². The van der Waals surface area contributed by atoms with Gasteiger partial charge in [-0.1, -0.05) is 6.07 Å². The van der Waals surface area contributed by atoms with Gasteiger partial charge in [0.15, 0.2) is 17.5 Å². The number of hydrogen-bond acceptors (Lipinski definition) is 2. The first kappa shape index (κ1) is 12.9. The van der Waals surface area contributed by atoms with Crippen LogP contribution < -0.4 is 5.73 Å². The molecule has 5 heteroatoms. The van der Waals surface area contributed by atoms with Crippen LogP contribution in [0.3, 0.4) is 0 Å². The van der Waals surface area contributed by atoms with E-state index in [4.69, 9.17) is 10.8 Å². The van der Waals surface area contributed by atoms with Gasteiger partial charge in [0.1, 0.15) is 0 Å². The highest BCUT2D eigenvalue weighted by Crippen LogP contribution is 2.07. The van der Waals surface area contributed by atoms with Crippen LogP contribution in [0.25, 0.3) is 0 Å². The molecule has 80 valence electrons. The second-order valence-corrected chi connectivity index (χ2v) is 2.70. The predicted molar refractivity (Wildman–Crippen MR) is 47.1 cm³/mol. The maximum absolute atomic E-state index is 12.0. The molecule has 0 aliphatic heterocycles. The molecule has 2 nitrogen and oxygen atoms in total. The van der Waals surface area contributed by atoms with E-state index in [1.165, 1.54) is 0 Å². The summed E-state index contributed by atoms with van der Waals surface area (Å²) in [6, 6.07) is 2.76. The molecule has 0 aromatic heterocycles. The molecule has 0 saturated carbocycles. The third-order valence-corrected chi connectivity index (χ3v) is 1.19. The topological polar surface area (TPSA) is 46.2 Å². The van der Waals surface area contributed by atoms with Crippen LogP contribution in [0.5, 0.6) is 0 Å². The minimum absolute atomic E-state index is 0.0602. The zero-order valence-corrected chi connectivity index (χ0v) is 7.67. The Morgan fingerprint density at radius 2 is 1.64 bits per heavy atom. The number of hydrogen-bond donors (Lipinski definition) is 2. The Morgan fingerprint density at radius 1 is 1.29 bits per heavy atom. The van der Waals surface area contributed by atoms with Gasteiger partial charge in [0.25, 0.3) is 0 Å². The molecule has 0 bridgehead atoms. The van der Waals surface area contributed by atoms with Gasteiger partial charge in [-0.25, -0.2) is 13.2 Å². The smallest absolute Gasteiger partial charge is 0.194 e. The Morgan fingerprint density at radius 3 is 1.86 bits per heavy atom. The van der Waals surface area contributed by atoms with Crippen LogP contribution in [-0.4, -0.2) is 17.8 Å². The van der Waals surface area contributed by atoms with E-state index in [1.807, 2.05) is 0 Å². The average Bonchev–Trinajstić information content (AvgIpc) is 2.15. The van der Waals surface area contributed by atoms with Crippen molar-refractivity contribution in [2.45, 2.75) is 13.0 Å². The lowest BCUT2D eigenvalue weighted by Crippen LogP contribution is -2.18. The fourth-order valence-electron chi connectivity index (χ4n) is 0.477. The second-order valence-electron chi connectivity index (χ2n) is 2.70. The molecule has 0 radical (unpaired) electrons. The fraction of sp³-hybridized carbons (Fsp3) is 0.333. The van der Waals surface area contributed by atoms with Gasteiger partial charge >= 0.3 is 0 Å². The van der Waals surface area contributed by atoms with E-state index in [0.717, 1.165) is 18.2 Å². The molecule has 1 atom stereocenters. The highest BCUT2D eigenvalue weighted by molar-refractivity contribution is 5.07. The SMILES string of the molecule is CC(N)CO.Fc1cccc(F)c1F. The minimum atomic E-state index is -1.42. The standard InChI is InChI=1S/C6H3F3.C3H9NO/c7-4-2-1-3-5(8)6(4)9;1-3(4)2-5/h1-3H;3,5H,2,4H2,1H3. The number of aliphatic hydroxyl groups excluding tert-OH is 1. The van der Waals surface area contributed by atoms with Crippen molar-refractivity contribution in [1.82, 2.24) is 0 Å². The lowest BCUT2D eigenvalue weighted by atomic mass is 10.3. The lowest BCUT2D eigenvalue weighted by Gasteiger charge is -1.91. The molecule has 1 aromatic carbocycles. The largest absolute Gasteiger partial charge is 0.395 e. The van der Waals surface area contributed by atoms with Gasteiger partial charge in [-0.15, -0.1) is 0 Å². The average molecular weight is 207 g/mol. The number of halogens is 3. The van der Waals surface area contributed by atoms with Crippen LogP contribution in [0.4, 0.5) is 13.2 Å². The van der Waals surface area contributed by atoms with Crippen LogP contribution in [0.15, 0.2) is 18.2 Å². The summed E-state index contributed by atoms with van der Waals surface area (Å²) >= 11 is 0. The van der Waals surface area contributed by atoms with E-state index in [0.29, 0.717) is 0 Å². The summed E-state index contributed by atoms with van der Waals surface area (Å²) in [5.41, 5.74) is 5.04. The maximum Gasteiger partial charge on any atom is 0.194 e. The number of nitrogens with two attached hydrogens (primary N) is 1. The first-order valence-electron chi connectivity index (χ1n) is 3.95. The summed E-state index contributed by atoms with van der Waals surface area (Å²) in [5, 5.41) is 8.02. The Labute approximate surface area is 80.2 Å². The molecule has 0 spiro atoms. The summed E-state index contributed by atoms with van der Waals surface area (Å²) in [7, 11) is 0. The lowest BCUT2D eigenvalue weighted by molar-refractivity contribution is 0.273. The highest BCUT2D eigenvalue weighted by atomic mass is 19.2. The molecule has 0 heterocycles. The molecule has 1 aromatic rings. The summed E-state index contributed by atoms with van der Waals surface area (Å²) in [5.74, 6) is -3.73. The van der Waals surface area contributed by atoms with Gasteiger partial charge in [-0.3, -0.25) is 0 Å². The Hall–Kier alpha value is -1.07. The molecular formula is C9H12F3NO. The van der Waals surface area contributed by atoms with Crippen LogP contribution in [0.1, 0.15) is 6.92 Å². The van der Waals surface area contributed by atoms with Gasteiger partial charge in [0, 0.05) is 6.04 Å². The molecule has 3 N–H and O–H groups in total. The van der Waals surface area contributed by atoms with Crippen LogP contribution in [-0.2, 0) is 0 Å². The summed E-state index contributed by atoms with van der Waals surface area (Å²) in [6.45, 7) is 1.83. The van der Waals surface area contributed by atoms with Crippen molar-refractivity contribution in [3.05, 3.63) is 35.7 Å². The number of rotatable bonds is 1. The Bertz CT molecular complexity index is 259. The predicted octanol–water partition coefficient (Wildman–Crippen LogP) is 1.43. The molecule has 0 saturated heterocycles.